The van der Waals surface area contributed by atoms with Gasteiger partial charge in [-0.05, 0) is 18.8 Å². The highest BCUT2D eigenvalue weighted by Gasteiger charge is 2.01. The van der Waals surface area contributed by atoms with Crippen LogP contribution in [-0.2, 0) is 6.42 Å². The van der Waals surface area contributed by atoms with Crippen LogP contribution in [0.15, 0.2) is 12.4 Å². The van der Waals surface area contributed by atoms with Gasteiger partial charge in [0, 0.05) is 24.9 Å². The van der Waals surface area contributed by atoms with Crippen molar-refractivity contribution in [2.24, 2.45) is 5.92 Å². The van der Waals surface area contributed by atoms with E-state index in [1.165, 1.54) is 0 Å². The average molecular weight is 209 g/mol. The van der Waals surface area contributed by atoms with Crippen LogP contribution in [0.1, 0.15) is 26.0 Å². The van der Waals surface area contributed by atoms with Crippen molar-refractivity contribution < 1.29 is 5.11 Å². The van der Waals surface area contributed by atoms with Crippen LogP contribution in [0.5, 0.6) is 0 Å². The van der Waals surface area contributed by atoms with E-state index in [2.05, 4.69) is 29.1 Å². The first-order chi connectivity index (χ1) is 7.22. The summed E-state index contributed by atoms with van der Waals surface area (Å²) in [7, 11) is 0. The molecule has 0 atom stereocenters. The molecular formula is C11H19N3O. The minimum atomic E-state index is 0.205. The number of aliphatic hydroxyl groups excluding tert-OH is 1. The molecule has 0 unspecified atom stereocenters. The molecule has 0 saturated heterocycles. The third-order valence-electron chi connectivity index (χ3n) is 1.98. The van der Waals surface area contributed by atoms with E-state index in [1.54, 1.807) is 6.33 Å². The van der Waals surface area contributed by atoms with Gasteiger partial charge in [-0.3, -0.25) is 0 Å². The van der Waals surface area contributed by atoms with E-state index < -0.39 is 0 Å². The van der Waals surface area contributed by atoms with Crippen LogP contribution in [0.2, 0.25) is 0 Å². The minimum Gasteiger partial charge on any atom is -0.396 e. The number of nitrogens with one attached hydrogen (secondary N) is 1. The highest BCUT2D eigenvalue weighted by atomic mass is 16.3. The zero-order valence-electron chi connectivity index (χ0n) is 9.40. The summed E-state index contributed by atoms with van der Waals surface area (Å²) in [6, 6.07) is 1.97. The summed E-state index contributed by atoms with van der Waals surface area (Å²) < 4.78 is 0. The van der Waals surface area contributed by atoms with Gasteiger partial charge in [-0.1, -0.05) is 13.8 Å². The molecule has 0 bridgehead atoms. The van der Waals surface area contributed by atoms with Gasteiger partial charge in [0.15, 0.2) is 0 Å². The van der Waals surface area contributed by atoms with Crippen molar-refractivity contribution in [3.8, 4) is 0 Å². The van der Waals surface area contributed by atoms with Crippen LogP contribution < -0.4 is 5.32 Å². The first kappa shape index (κ1) is 11.9. The fraction of sp³-hybridized carbons (Fsp3) is 0.636. The highest BCUT2D eigenvalue weighted by molar-refractivity contribution is 5.34. The van der Waals surface area contributed by atoms with Crippen LogP contribution in [0, 0.1) is 5.92 Å². The summed E-state index contributed by atoms with van der Waals surface area (Å²) in [5.41, 5.74) is 1.06. The Morgan fingerprint density at radius 3 is 2.87 bits per heavy atom. The normalized spacial score (nSPS) is 10.7. The maximum Gasteiger partial charge on any atom is 0.129 e. The molecule has 1 heterocycles. The number of aromatic nitrogens is 2. The van der Waals surface area contributed by atoms with Crippen molar-refractivity contribution in [2.45, 2.75) is 26.7 Å². The van der Waals surface area contributed by atoms with E-state index >= 15 is 0 Å². The first-order valence-corrected chi connectivity index (χ1v) is 5.38. The number of nitrogens with zero attached hydrogens (tertiary/aromatic N) is 2. The summed E-state index contributed by atoms with van der Waals surface area (Å²) in [5, 5.41) is 11.8. The Kier molecular flexibility index (Phi) is 5.04. The van der Waals surface area contributed by atoms with Crippen LogP contribution in [0.4, 0.5) is 5.82 Å². The van der Waals surface area contributed by atoms with Gasteiger partial charge in [-0.2, -0.15) is 0 Å². The maximum absolute atomic E-state index is 8.65. The Morgan fingerprint density at radius 1 is 1.40 bits per heavy atom. The smallest absolute Gasteiger partial charge is 0.129 e. The molecule has 0 aromatic carbocycles. The Labute approximate surface area is 90.8 Å². The van der Waals surface area contributed by atoms with Gasteiger partial charge in [0.25, 0.3) is 0 Å². The van der Waals surface area contributed by atoms with E-state index in [9.17, 15) is 0 Å². The Morgan fingerprint density at radius 2 is 2.20 bits per heavy atom. The van der Waals surface area contributed by atoms with Gasteiger partial charge in [0.2, 0.25) is 0 Å². The van der Waals surface area contributed by atoms with Crippen LogP contribution in [0.25, 0.3) is 0 Å². The lowest BCUT2D eigenvalue weighted by Gasteiger charge is -2.07. The molecule has 0 saturated carbocycles. The van der Waals surface area contributed by atoms with Gasteiger partial charge in [0.05, 0.1) is 0 Å². The van der Waals surface area contributed by atoms with Gasteiger partial charge in [0.1, 0.15) is 12.1 Å². The lowest BCUT2D eigenvalue weighted by molar-refractivity contribution is 0.292. The molecule has 84 valence electrons. The van der Waals surface area contributed by atoms with Crippen LogP contribution >= 0.6 is 0 Å². The van der Waals surface area contributed by atoms with Gasteiger partial charge >= 0.3 is 0 Å². The fourth-order valence-corrected chi connectivity index (χ4v) is 1.32. The second kappa shape index (κ2) is 6.35. The molecule has 0 amide bonds. The summed E-state index contributed by atoms with van der Waals surface area (Å²) in [4.78, 5) is 8.32. The predicted octanol–water partition coefficient (Wildman–Crippen LogP) is 1.47. The number of hydrogen-bond donors (Lipinski definition) is 2. The van der Waals surface area contributed by atoms with Crippen molar-refractivity contribution in [3.63, 3.8) is 0 Å². The quantitative estimate of drug-likeness (QED) is 0.697. The van der Waals surface area contributed by atoms with E-state index in [0.29, 0.717) is 5.92 Å². The zero-order valence-corrected chi connectivity index (χ0v) is 9.40. The molecule has 0 aliphatic rings. The minimum absolute atomic E-state index is 0.205. The first-order valence-electron chi connectivity index (χ1n) is 5.38. The predicted molar refractivity (Wildman–Crippen MR) is 60.8 cm³/mol. The standard InChI is InChI=1S/C11H19N3O/c1-9(2)6-10-7-11(14-8-13-10)12-4-3-5-15/h7-9,15H,3-6H2,1-2H3,(H,12,13,14). The molecule has 2 N–H and O–H groups in total. The van der Waals surface area contributed by atoms with Gasteiger partial charge in [-0.15, -0.1) is 0 Å². The van der Waals surface area contributed by atoms with Crippen molar-refractivity contribution in [3.05, 3.63) is 18.1 Å². The SMILES string of the molecule is CC(C)Cc1cc(NCCCO)ncn1. The maximum atomic E-state index is 8.65. The van der Waals surface area contributed by atoms with Gasteiger partial charge < -0.3 is 10.4 Å². The Hall–Kier alpha value is -1.16. The van der Waals surface area contributed by atoms with Crippen molar-refractivity contribution in [2.75, 3.05) is 18.5 Å². The Balaban J connectivity index is 2.50. The number of hydrogen-bond acceptors (Lipinski definition) is 4. The molecule has 1 rings (SSSR count). The molecule has 0 spiro atoms. The average Bonchev–Trinajstić information content (AvgIpc) is 2.18. The summed E-state index contributed by atoms with van der Waals surface area (Å²) in [6.07, 6.45) is 3.29. The number of anilines is 1. The third kappa shape index (κ3) is 4.74. The Bertz CT molecular complexity index is 289. The second-order valence-corrected chi connectivity index (χ2v) is 4.00. The molecule has 4 nitrogen and oxygen atoms in total. The van der Waals surface area contributed by atoms with Crippen molar-refractivity contribution in [1.29, 1.82) is 0 Å². The largest absolute Gasteiger partial charge is 0.396 e. The second-order valence-electron chi connectivity index (χ2n) is 4.00. The molecule has 1 aromatic heterocycles. The summed E-state index contributed by atoms with van der Waals surface area (Å²) in [5.74, 6) is 1.44. The third-order valence-corrected chi connectivity index (χ3v) is 1.98. The molecule has 4 heteroatoms. The molecule has 0 fully saturated rings. The number of rotatable bonds is 6. The lowest BCUT2D eigenvalue weighted by atomic mass is 10.1. The van der Waals surface area contributed by atoms with E-state index in [0.717, 1.165) is 30.9 Å². The van der Waals surface area contributed by atoms with Crippen molar-refractivity contribution >= 4 is 5.82 Å². The fourth-order valence-electron chi connectivity index (χ4n) is 1.32. The molecule has 0 aliphatic heterocycles. The monoisotopic (exact) mass is 209 g/mol. The van der Waals surface area contributed by atoms with E-state index in [-0.39, 0.29) is 6.61 Å². The summed E-state index contributed by atoms with van der Waals surface area (Å²) in [6.45, 7) is 5.29. The molecular weight excluding hydrogens is 190 g/mol. The van der Waals surface area contributed by atoms with E-state index in [4.69, 9.17) is 5.11 Å². The van der Waals surface area contributed by atoms with Crippen LogP contribution in [-0.4, -0.2) is 28.2 Å². The topological polar surface area (TPSA) is 58.0 Å². The van der Waals surface area contributed by atoms with E-state index in [1.807, 2.05) is 6.07 Å². The molecule has 0 radical (unpaired) electrons. The van der Waals surface area contributed by atoms with Crippen molar-refractivity contribution in [1.82, 2.24) is 9.97 Å². The molecule has 1 aromatic rings. The molecule has 0 aliphatic carbocycles. The summed E-state index contributed by atoms with van der Waals surface area (Å²) >= 11 is 0. The number of aliphatic hydroxyl groups is 1. The van der Waals surface area contributed by atoms with Gasteiger partial charge in [-0.25, -0.2) is 9.97 Å². The lowest BCUT2D eigenvalue weighted by Crippen LogP contribution is -2.06. The molecule has 15 heavy (non-hydrogen) atoms. The zero-order chi connectivity index (χ0) is 11.1. The highest BCUT2D eigenvalue weighted by Crippen LogP contribution is 2.08. The van der Waals surface area contributed by atoms with Crippen LogP contribution in [0.3, 0.4) is 0 Å².